The van der Waals surface area contributed by atoms with Crippen molar-refractivity contribution in [3.05, 3.63) is 0 Å². The third-order valence-electron chi connectivity index (χ3n) is 6.57. The highest BCUT2D eigenvalue weighted by atomic mass is 16.5. The monoisotopic (exact) mass is 279 g/mol. The summed E-state index contributed by atoms with van der Waals surface area (Å²) >= 11 is 0. The Hall–Kier alpha value is -0.0800. The van der Waals surface area contributed by atoms with Crippen molar-refractivity contribution in [3.63, 3.8) is 0 Å². The molecule has 2 saturated carbocycles. The number of nitrogens with two attached hydrogens (primary N) is 1. The van der Waals surface area contributed by atoms with E-state index in [9.17, 15) is 0 Å². The first-order chi connectivity index (χ1) is 9.69. The van der Waals surface area contributed by atoms with Crippen LogP contribution in [0, 0.1) is 11.3 Å². The van der Waals surface area contributed by atoms with Crippen LogP contribution in [0.5, 0.6) is 0 Å². The zero-order valence-corrected chi connectivity index (χ0v) is 13.3. The first-order valence-electron chi connectivity index (χ1n) is 9.07. The van der Waals surface area contributed by atoms with Gasteiger partial charge < -0.3 is 10.5 Å². The zero-order valence-electron chi connectivity index (χ0n) is 13.3. The summed E-state index contributed by atoms with van der Waals surface area (Å²) in [4.78, 5) is 0. The summed E-state index contributed by atoms with van der Waals surface area (Å²) in [7, 11) is 0. The second kappa shape index (κ2) is 5.96. The van der Waals surface area contributed by atoms with E-state index < -0.39 is 0 Å². The average molecular weight is 279 g/mol. The van der Waals surface area contributed by atoms with Crippen LogP contribution < -0.4 is 5.73 Å². The minimum absolute atomic E-state index is 0.291. The van der Waals surface area contributed by atoms with Crippen LogP contribution in [0.4, 0.5) is 0 Å². The van der Waals surface area contributed by atoms with Gasteiger partial charge in [0.2, 0.25) is 0 Å². The lowest BCUT2D eigenvalue weighted by Gasteiger charge is -2.42. The Morgan fingerprint density at radius 2 is 1.85 bits per heavy atom. The Kier molecular flexibility index (Phi) is 4.42. The summed E-state index contributed by atoms with van der Waals surface area (Å²) in [6.07, 6.45) is 16.6. The van der Waals surface area contributed by atoms with E-state index in [4.69, 9.17) is 10.5 Å². The Labute approximate surface area is 124 Å². The van der Waals surface area contributed by atoms with Gasteiger partial charge in [-0.1, -0.05) is 39.0 Å². The summed E-state index contributed by atoms with van der Waals surface area (Å²) in [5.74, 6) is 0.911. The van der Waals surface area contributed by atoms with Crippen LogP contribution in [0.25, 0.3) is 0 Å². The normalized spacial score (nSPS) is 40.5. The molecule has 2 aliphatic carbocycles. The van der Waals surface area contributed by atoms with Crippen molar-refractivity contribution in [2.75, 3.05) is 6.54 Å². The molecule has 1 saturated heterocycles. The maximum atomic E-state index is 6.55. The van der Waals surface area contributed by atoms with Gasteiger partial charge in [-0.2, -0.15) is 0 Å². The van der Waals surface area contributed by atoms with Crippen molar-refractivity contribution in [2.45, 2.75) is 95.7 Å². The molecule has 0 amide bonds. The Bertz CT molecular complexity index is 323. The summed E-state index contributed by atoms with van der Waals surface area (Å²) in [5, 5.41) is 0. The van der Waals surface area contributed by atoms with E-state index in [-0.39, 0.29) is 0 Å². The van der Waals surface area contributed by atoms with Crippen LogP contribution >= 0.6 is 0 Å². The summed E-state index contributed by atoms with van der Waals surface area (Å²) in [6, 6.07) is 0. The standard InChI is InChI=1S/C18H33NO/c1-2-15-6-5-8-17(12-15,14-19)13-16-7-11-18(20-16)9-3-4-10-18/h15-16H,2-14,19H2,1H3. The lowest BCUT2D eigenvalue weighted by molar-refractivity contribution is -0.0593. The second-order valence-electron chi connectivity index (χ2n) is 7.95. The van der Waals surface area contributed by atoms with Crippen molar-refractivity contribution in [1.29, 1.82) is 0 Å². The summed E-state index contributed by atoms with van der Waals surface area (Å²) < 4.78 is 6.55. The lowest BCUT2D eigenvalue weighted by atomic mass is 9.66. The molecule has 0 aromatic rings. The zero-order chi connectivity index (χ0) is 14.1. The van der Waals surface area contributed by atoms with Gasteiger partial charge in [0.25, 0.3) is 0 Å². The van der Waals surface area contributed by atoms with Crippen LogP contribution in [-0.2, 0) is 4.74 Å². The molecule has 116 valence electrons. The summed E-state index contributed by atoms with van der Waals surface area (Å²) in [6.45, 7) is 3.22. The van der Waals surface area contributed by atoms with Crippen LogP contribution in [0.3, 0.4) is 0 Å². The molecule has 1 aliphatic heterocycles. The highest BCUT2D eigenvalue weighted by Crippen LogP contribution is 2.49. The van der Waals surface area contributed by atoms with Crippen molar-refractivity contribution in [2.24, 2.45) is 17.1 Å². The Morgan fingerprint density at radius 3 is 2.55 bits per heavy atom. The highest BCUT2D eigenvalue weighted by Gasteiger charge is 2.45. The van der Waals surface area contributed by atoms with E-state index in [1.807, 2.05) is 0 Å². The molecular weight excluding hydrogens is 246 g/mol. The predicted molar refractivity (Wildman–Crippen MR) is 83.7 cm³/mol. The topological polar surface area (TPSA) is 35.2 Å². The third kappa shape index (κ3) is 2.92. The molecule has 3 atom stereocenters. The molecule has 2 N–H and O–H groups in total. The molecule has 0 bridgehead atoms. The molecule has 3 rings (SSSR count). The van der Waals surface area contributed by atoms with E-state index in [0.717, 1.165) is 12.5 Å². The smallest absolute Gasteiger partial charge is 0.0687 e. The number of ether oxygens (including phenoxy) is 1. The van der Waals surface area contributed by atoms with E-state index in [1.165, 1.54) is 77.0 Å². The first-order valence-corrected chi connectivity index (χ1v) is 9.07. The molecule has 2 nitrogen and oxygen atoms in total. The quantitative estimate of drug-likeness (QED) is 0.827. The second-order valence-corrected chi connectivity index (χ2v) is 7.95. The van der Waals surface area contributed by atoms with Gasteiger partial charge >= 0.3 is 0 Å². The third-order valence-corrected chi connectivity index (χ3v) is 6.57. The SMILES string of the molecule is CCC1CCCC(CN)(CC2CCC3(CCCC3)O2)C1. The molecule has 1 spiro atoms. The molecular formula is C18H33NO. The molecule has 1 heterocycles. The van der Waals surface area contributed by atoms with Crippen LogP contribution in [0.2, 0.25) is 0 Å². The van der Waals surface area contributed by atoms with Gasteiger partial charge in [-0.3, -0.25) is 0 Å². The molecule has 2 heteroatoms. The summed E-state index contributed by atoms with van der Waals surface area (Å²) in [5.41, 5.74) is 6.91. The van der Waals surface area contributed by atoms with Crippen molar-refractivity contribution < 1.29 is 4.74 Å². The molecule has 3 unspecified atom stereocenters. The molecule has 0 radical (unpaired) electrons. The Balaban J connectivity index is 1.60. The maximum absolute atomic E-state index is 6.55. The van der Waals surface area contributed by atoms with Gasteiger partial charge in [0.05, 0.1) is 11.7 Å². The van der Waals surface area contributed by atoms with E-state index in [2.05, 4.69) is 6.92 Å². The molecule has 0 aromatic heterocycles. The van der Waals surface area contributed by atoms with Gasteiger partial charge in [0, 0.05) is 0 Å². The minimum Gasteiger partial charge on any atom is -0.372 e. The van der Waals surface area contributed by atoms with Gasteiger partial charge in [-0.15, -0.1) is 0 Å². The van der Waals surface area contributed by atoms with Crippen molar-refractivity contribution >= 4 is 0 Å². The van der Waals surface area contributed by atoms with Gasteiger partial charge in [-0.25, -0.2) is 0 Å². The van der Waals surface area contributed by atoms with Gasteiger partial charge in [0.15, 0.2) is 0 Å². The fourth-order valence-electron chi connectivity index (χ4n) is 5.29. The van der Waals surface area contributed by atoms with Crippen molar-refractivity contribution in [3.8, 4) is 0 Å². The average Bonchev–Trinajstić information content (AvgIpc) is 3.10. The Morgan fingerprint density at radius 1 is 1.05 bits per heavy atom. The molecule has 0 aromatic carbocycles. The van der Waals surface area contributed by atoms with E-state index in [0.29, 0.717) is 17.1 Å². The van der Waals surface area contributed by atoms with Crippen LogP contribution in [-0.4, -0.2) is 18.2 Å². The fourth-order valence-corrected chi connectivity index (χ4v) is 5.29. The first kappa shape index (κ1) is 14.8. The lowest BCUT2D eigenvalue weighted by Crippen LogP contribution is -2.39. The molecule has 3 fully saturated rings. The van der Waals surface area contributed by atoms with Gasteiger partial charge in [-0.05, 0) is 62.8 Å². The molecule has 20 heavy (non-hydrogen) atoms. The fraction of sp³-hybridized carbons (Fsp3) is 1.00. The predicted octanol–water partition coefficient (Wildman–Crippen LogP) is 4.41. The van der Waals surface area contributed by atoms with Crippen molar-refractivity contribution in [1.82, 2.24) is 0 Å². The largest absolute Gasteiger partial charge is 0.372 e. The number of hydrogen-bond acceptors (Lipinski definition) is 2. The molecule has 3 aliphatic rings. The van der Waals surface area contributed by atoms with Crippen LogP contribution in [0.15, 0.2) is 0 Å². The van der Waals surface area contributed by atoms with Crippen LogP contribution in [0.1, 0.15) is 84.0 Å². The highest BCUT2D eigenvalue weighted by molar-refractivity contribution is 4.96. The minimum atomic E-state index is 0.291. The number of rotatable bonds is 4. The van der Waals surface area contributed by atoms with E-state index >= 15 is 0 Å². The van der Waals surface area contributed by atoms with Gasteiger partial charge in [0.1, 0.15) is 0 Å². The maximum Gasteiger partial charge on any atom is 0.0687 e. The van der Waals surface area contributed by atoms with E-state index in [1.54, 1.807) is 0 Å². The number of hydrogen-bond donors (Lipinski definition) is 1.